The van der Waals surface area contributed by atoms with Gasteiger partial charge in [-0.1, -0.05) is 115 Å². The van der Waals surface area contributed by atoms with Crippen LogP contribution in [0.25, 0.3) is 98.8 Å². The van der Waals surface area contributed by atoms with Crippen molar-refractivity contribution in [1.82, 2.24) is 9.13 Å². The molecule has 0 saturated heterocycles. The van der Waals surface area contributed by atoms with Gasteiger partial charge >= 0.3 is 0 Å². The molecule has 3 heteroatoms. The van der Waals surface area contributed by atoms with Gasteiger partial charge in [0, 0.05) is 43.7 Å². The molecule has 0 spiro atoms. The summed E-state index contributed by atoms with van der Waals surface area (Å²) in [6.07, 6.45) is 0. The van der Waals surface area contributed by atoms with E-state index in [4.69, 9.17) is 4.42 Å². The van der Waals surface area contributed by atoms with E-state index in [0.717, 1.165) is 27.6 Å². The van der Waals surface area contributed by atoms with E-state index < -0.39 is 0 Å². The second kappa shape index (κ2) is 9.96. The molecule has 0 bridgehead atoms. The highest BCUT2D eigenvalue weighted by molar-refractivity contribution is 6.35. The van der Waals surface area contributed by atoms with E-state index in [9.17, 15) is 0 Å². The highest BCUT2D eigenvalue weighted by atomic mass is 16.3. The third-order valence-electron chi connectivity index (χ3n) is 10.3. The molecule has 0 unspecified atom stereocenters. The number of hydrogen-bond acceptors (Lipinski definition) is 1. The highest BCUT2D eigenvalue weighted by Gasteiger charge is 2.22. The molecule has 228 valence electrons. The molecule has 0 aliphatic heterocycles. The van der Waals surface area contributed by atoms with Gasteiger partial charge in [-0.3, -0.25) is 0 Å². The molecular weight excluding hydrogens is 597 g/mol. The van der Waals surface area contributed by atoms with Crippen LogP contribution in [0.3, 0.4) is 0 Å². The van der Waals surface area contributed by atoms with Crippen molar-refractivity contribution in [2.24, 2.45) is 0 Å². The lowest BCUT2D eigenvalue weighted by Gasteiger charge is -2.12. The van der Waals surface area contributed by atoms with Crippen molar-refractivity contribution in [3.8, 4) is 22.5 Å². The van der Waals surface area contributed by atoms with Crippen LogP contribution < -0.4 is 0 Å². The molecular formula is C46H28N2O. The maximum absolute atomic E-state index is 6.69. The van der Waals surface area contributed by atoms with Gasteiger partial charge < -0.3 is 13.6 Å². The SMILES string of the molecule is c1ccc(-n2c3ccccc3c3cc(-c4ccc(-n5c6ccccc6c6c7oc8ccccc8c7c7ccccc7c65)cc4)ccc32)cc1. The van der Waals surface area contributed by atoms with E-state index in [1.54, 1.807) is 0 Å². The molecule has 0 saturated carbocycles. The first kappa shape index (κ1) is 26.5. The van der Waals surface area contributed by atoms with E-state index >= 15 is 0 Å². The van der Waals surface area contributed by atoms with Gasteiger partial charge in [0.15, 0.2) is 0 Å². The summed E-state index contributed by atoms with van der Waals surface area (Å²) in [5, 5.41) is 9.62. The van der Waals surface area contributed by atoms with Crippen molar-refractivity contribution in [1.29, 1.82) is 0 Å². The topological polar surface area (TPSA) is 23.0 Å². The van der Waals surface area contributed by atoms with Crippen molar-refractivity contribution in [2.75, 3.05) is 0 Å². The zero-order valence-electron chi connectivity index (χ0n) is 26.5. The number of nitrogens with zero attached hydrogens (tertiary/aromatic N) is 2. The first-order valence-corrected chi connectivity index (χ1v) is 16.8. The summed E-state index contributed by atoms with van der Waals surface area (Å²) in [5.41, 5.74) is 11.3. The Kier molecular flexibility index (Phi) is 5.38. The molecule has 0 aliphatic rings. The van der Waals surface area contributed by atoms with Crippen LogP contribution in [0.5, 0.6) is 0 Å². The van der Waals surface area contributed by atoms with Crippen molar-refractivity contribution in [3.05, 3.63) is 170 Å². The Morgan fingerprint density at radius 2 is 0.918 bits per heavy atom. The molecule has 49 heavy (non-hydrogen) atoms. The summed E-state index contributed by atoms with van der Waals surface area (Å²) in [6, 6.07) is 61.1. The molecule has 11 aromatic rings. The minimum absolute atomic E-state index is 0.917. The van der Waals surface area contributed by atoms with Crippen LogP contribution in [0, 0.1) is 0 Å². The van der Waals surface area contributed by atoms with Crippen LogP contribution in [0.1, 0.15) is 0 Å². The van der Waals surface area contributed by atoms with Gasteiger partial charge in [-0.15, -0.1) is 0 Å². The predicted octanol–water partition coefficient (Wildman–Crippen LogP) is 12.6. The van der Waals surface area contributed by atoms with Gasteiger partial charge in [-0.2, -0.15) is 0 Å². The lowest BCUT2D eigenvalue weighted by molar-refractivity contribution is 0.673. The minimum atomic E-state index is 0.917. The third kappa shape index (κ3) is 3.67. The Balaban J connectivity index is 1.13. The van der Waals surface area contributed by atoms with E-state index in [-0.39, 0.29) is 0 Å². The Labute approximate surface area is 281 Å². The normalized spacial score (nSPS) is 12.1. The molecule has 0 radical (unpaired) electrons. The number of rotatable bonds is 3. The van der Waals surface area contributed by atoms with Crippen molar-refractivity contribution in [2.45, 2.75) is 0 Å². The Morgan fingerprint density at radius 1 is 0.347 bits per heavy atom. The molecule has 8 aromatic carbocycles. The largest absolute Gasteiger partial charge is 0.455 e. The molecule has 0 N–H and O–H groups in total. The van der Waals surface area contributed by atoms with E-state index in [1.165, 1.54) is 71.2 Å². The summed E-state index contributed by atoms with van der Waals surface area (Å²) in [5.74, 6) is 0. The first-order chi connectivity index (χ1) is 24.3. The summed E-state index contributed by atoms with van der Waals surface area (Å²) >= 11 is 0. The molecule has 3 heterocycles. The summed E-state index contributed by atoms with van der Waals surface area (Å²) in [4.78, 5) is 0. The second-order valence-electron chi connectivity index (χ2n) is 12.9. The number of benzene rings is 8. The smallest absolute Gasteiger partial charge is 0.146 e. The Hall–Kier alpha value is -6.58. The van der Waals surface area contributed by atoms with E-state index in [1.807, 2.05) is 6.07 Å². The van der Waals surface area contributed by atoms with Crippen LogP contribution in [-0.2, 0) is 0 Å². The van der Waals surface area contributed by atoms with Crippen molar-refractivity contribution < 1.29 is 4.42 Å². The molecule has 3 aromatic heterocycles. The van der Waals surface area contributed by atoms with Crippen LogP contribution in [-0.4, -0.2) is 9.13 Å². The Bertz CT molecular complexity index is 3090. The van der Waals surface area contributed by atoms with Crippen LogP contribution in [0.4, 0.5) is 0 Å². The predicted molar refractivity (Wildman–Crippen MR) is 205 cm³/mol. The highest BCUT2D eigenvalue weighted by Crippen LogP contribution is 2.46. The van der Waals surface area contributed by atoms with E-state index in [2.05, 4.69) is 173 Å². The average Bonchev–Trinajstić information content (AvgIpc) is 3.83. The zero-order chi connectivity index (χ0) is 32.1. The maximum atomic E-state index is 6.69. The molecule has 3 nitrogen and oxygen atoms in total. The fraction of sp³-hybridized carbons (Fsp3) is 0. The third-order valence-corrected chi connectivity index (χ3v) is 10.3. The van der Waals surface area contributed by atoms with Gasteiger partial charge in [0.1, 0.15) is 11.2 Å². The first-order valence-electron chi connectivity index (χ1n) is 16.8. The van der Waals surface area contributed by atoms with Crippen LogP contribution in [0.2, 0.25) is 0 Å². The van der Waals surface area contributed by atoms with Crippen molar-refractivity contribution in [3.63, 3.8) is 0 Å². The van der Waals surface area contributed by atoms with Gasteiger partial charge in [-0.25, -0.2) is 0 Å². The monoisotopic (exact) mass is 624 g/mol. The molecule has 0 amide bonds. The van der Waals surface area contributed by atoms with Gasteiger partial charge in [0.05, 0.1) is 27.5 Å². The minimum Gasteiger partial charge on any atom is -0.455 e. The molecule has 0 aliphatic carbocycles. The fourth-order valence-corrected chi connectivity index (χ4v) is 8.20. The molecule has 0 atom stereocenters. The van der Waals surface area contributed by atoms with E-state index in [0.29, 0.717) is 0 Å². The summed E-state index contributed by atoms with van der Waals surface area (Å²) < 4.78 is 11.5. The van der Waals surface area contributed by atoms with Crippen LogP contribution >= 0.6 is 0 Å². The lowest BCUT2D eigenvalue weighted by Crippen LogP contribution is -1.95. The van der Waals surface area contributed by atoms with Crippen molar-refractivity contribution >= 4 is 76.3 Å². The summed E-state index contributed by atoms with van der Waals surface area (Å²) in [7, 11) is 0. The zero-order valence-corrected chi connectivity index (χ0v) is 26.5. The number of para-hydroxylation sites is 4. The molecule has 11 rings (SSSR count). The molecule has 0 fully saturated rings. The Morgan fingerprint density at radius 3 is 1.71 bits per heavy atom. The standard InChI is InChI=1S/C46H28N2O/c1-2-12-31(13-3-1)47-39-19-9-6-14-33(39)38-28-30(24-27-41(38)47)29-22-25-32(26-23-29)48-40-20-10-7-17-36(40)44-45(48)35-16-5-4-15-34(35)43-37-18-8-11-21-42(37)49-46(43)44/h1-28H. The number of furan rings is 1. The fourth-order valence-electron chi connectivity index (χ4n) is 8.20. The summed E-state index contributed by atoms with van der Waals surface area (Å²) in [6.45, 7) is 0. The number of hydrogen-bond donors (Lipinski definition) is 0. The average molecular weight is 625 g/mol. The quantitative estimate of drug-likeness (QED) is 0.192. The second-order valence-corrected chi connectivity index (χ2v) is 12.9. The number of aromatic nitrogens is 2. The number of fused-ring (bicyclic) bond motifs is 13. The van der Waals surface area contributed by atoms with Crippen LogP contribution in [0.15, 0.2) is 174 Å². The lowest BCUT2D eigenvalue weighted by atomic mass is 9.99. The maximum Gasteiger partial charge on any atom is 0.146 e. The van der Waals surface area contributed by atoms with Gasteiger partial charge in [-0.05, 0) is 71.1 Å². The van der Waals surface area contributed by atoms with Gasteiger partial charge in [0.25, 0.3) is 0 Å². The van der Waals surface area contributed by atoms with Gasteiger partial charge in [0.2, 0.25) is 0 Å².